The largest absolute Gasteiger partial charge is 0.459 e. The van der Waals surface area contributed by atoms with Crippen molar-refractivity contribution in [3.05, 3.63) is 209 Å². The van der Waals surface area contributed by atoms with Gasteiger partial charge in [-0.15, -0.1) is 0 Å². The Morgan fingerprint density at radius 1 is 0.594 bits per heavy atom. The smallest absolute Gasteiger partial charge is 0.338 e. The molecular formula is C50H43N3O9S2. The second-order valence-corrected chi connectivity index (χ2v) is 15.8. The maximum Gasteiger partial charge on any atom is 0.338 e. The van der Waals surface area contributed by atoms with Gasteiger partial charge in [0.2, 0.25) is 0 Å². The molecule has 7 rings (SSSR count). The summed E-state index contributed by atoms with van der Waals surface area (Å²) in [5.74, 6) is -2.71. The van der Waals surface area contributed by atoms with Crippen LogP contribution in [0.4, 0.5) is 5.69 Å². The monoisotopic (exact) mass is 893 g/mol. The molecular weight excluding hydrogens is 851 g/mol. The first kappa shape index (κ1) is 44.9. The molecule has 0 unspecified atom stereocenters. The first-order chi connectivity index (χ1) is 31.2. The number of esters is 4. The van der Waals surface area contributed by atoms with Gasteiger partial charge in [-0.1, -0.05) is 127 Å². The van der Waals surface area contributed by atoms with Gasteiger partial charge in [0.25, 0.3) is 0 Å². The summed E-state index contributed by atoms with van der Waals surface area (Å²) in [5, 5.41) is 6.78. The predicted octanol–water partition coefficient (Wildman–Crippen LogP) is 8.83. The molecule has 324 valence electrons. The van der Waals surface area contributed by atoms with Crippen molar-refractivity contribution in [2.45, 2.75) is 43.3 Å². The zero-order valence-corrected chi connectivity index (χ0v) is 36.1. The van der Waals surface area contributed by atoms with E-state index < -0.39 is 61.1 Å². The molecule has 1 fully saturated rings. The Kier molecular flexibility index (Phi) is 15.6. The predicted molar refractivity (Wildman–Crippen MR) is 248 cm³/mol. The zero-order valence-electron chi connectivity index (χ0n) is 34.5. The third-order valence-electron chi connectivity index (χ3n) is 9.71. The van der Waals surface area contributed by atoms with E-state index >= 15 is 0 Å². The lowest BCUT2D eigenvalue weighted by molar-refractivity contribution is -0.226. The van der Waals surface area contributed by atoms with E-state index in [-0.39, 0.29) is 32.5 Å². The summed E-state index contributed by atoms with van der Waals surface area (Å²) in [7, 11) is 0. The van der Waals surface area contributed by atoms with Gasteiger partial charge in [0.1, 0.15) is 12.7 Å². The molecule has 64 heavy (non-hydrogen) atoms. The number of benzene rings is 6. The number of thiocarbonyl (C=S) groups is 1. The molecule has 6 aromatic rings. The Bertz CT molecular complexity index is 2550. The fourth-order valence-electron chi connectivity index (χ4n) is 6.58. The van der Waals surface area contributed by atoms with Crippen LogP contribution in [0.3, 0.4) is 0 Å². The van der Waals surface area contributed by atoms with Crippen molar-refractivity contribution in [1.82, 2.24) is 5.32 Å². The van der Waals surface area contributed by atoms with E-state index in [9.17, 15) is 19.2 Å². The molecule has 0 aromatic heterocycles. The van der Waals surface area contributed by atoms with Gasteiger partial charge in [-0.05, 0) is 90.9 Å². The number of ether oxygens (including phenoxy) is 5. The van der Waals surface area contributed by atoms with E-state index in [1.54, 1.807) is 121 Å². The highest BCUT2D eigenvalue weighted by Gasteiger charge is 2.53. The van der Waals surface area contributed by atoms with E-state index in [1.807, 2.05) is 61.5 Å². The van der Waals surface area contributed by atoms with Crippen molar-refractivity contribution < 1.29 is 42.9 Å². The molecule has 0 amide bonds. The number of anilines is 1. The van der Waals surface area contributed by atoms with Crippen LogP contribution < -0.4 is 10.6 Å². The molecule has 0 spiro atoms. The second kappa shape index (κ2) is 22.3. The van der Waals surface area contributed by atoms with Crippen molar-refractivity contribution in [3.63, 3.8) is 0 Å². The van der Waals surface area contributed by atoms with E-state index in [1.165, 1.54) is 11.8 Å². The first-order valence-corrected chi connectivity index (χ1v) is 21.6. The Labute approximate surface area is 380 Å². The molecule has 1 aliphatic heterocycles. The van der Waals surface area contributed by atoms with Gasteiger partial charge in [-0.3, -0.25) is 0 Å². The topological polar surface area (TPSA) is 151 Å². The molecule has 6 aromatic carbocycles. The van der Waals surface area contributed by atoms with Crippen molar-refractivity contribution in [3.8, 4) is 0 Å². The molecule has 2 N–H and O–H groups in total. The molecule has 12 nitrogen and oxygen atoms in total. The minimum atomic E-state index is -1.59. The summed E-state index contributed by atoms with van der Waals surface area (Å²) >= 11 is 7.05. The zero-order chi connectivity index (χ0) is 44.7. The molecule has 1 heterocycles. The fraction of sp³-hybridized carbons (Fsp3) is 0.160. The Balaban J connectivity index is 1.33. The molecule has 0 aliphatic carbocycles. The quantitative estimate of drug-likeness (QED) is 0.0374. The van der Waals surface area contributed by atoms with Gasteiger partial charge in [0.15, 0.2) is 34.8 Å². The number of rotatable bonds is 13. The van der Waals surface area contributed by atoms with Crippen LogP contribution in [0, 0.1) is 6.92 Å². The number of nitrogens with one attached hydrogen (secondary N) is 2. The van der Waals surface area contributed by atoms with Crippen molar-refractivity contribution in [2.24, 2.45) is 4.99 Å². The van der Waals surface area contributed by atoms with Crippen LogP contribution in [0.1, 0.15) is 52.6 Å². The van der Waals surface area contributed by atoms with Crippen molar-refractivity contribution in [2.75, 3.05) is 11.9 Å². The molecule has 1 aliphatic rings. The van der Waals surface area contributed by atoms with Crippen molar-refractivity contribution >= 4 is 63.8 Å². The number of thioether (sulfide) groups is 1. The van der Waals surface area contributed by atoms with Gasteiger partial charge in [-0.25, -0.2) is 24.2 Å². The SMILES string of the molecule is Cc1cccc(NC(=S)N/C(=N\[C@@H]2O[C@H](COC(=O)c3ccccc3)[C@@H](OC(=O)c3ccccc3)[C@H](OC(=O)c3ccccc3)[C@H]2OC(=O)c2ccccc2)SCc2ccccc2)c1. The van der Waals surface area contributed by atoms with Gasteiger partial charge >= 0.3 is 23.9 Å². The summed E-state index contributed by atoms with van der Waals surface area (Å²) in [6, 6.07) is 50.1. The highest BCUT2D eigenvalue weighted by molar-refractivity contribution is 8.13. The summed E-state index contributed by atoms with van der Waals surface area (Å²) in [4.78, 5) is 60.5. The van der Waals surface area contributed by atoms with E-state index in [2.05, 4.69) is 10.6 Å². The highest BCUT2D eigenvalue weighted by atomic mass is 32.2. The Morgan fingerprint density at radius 3 is 1.58 bits per heavy atom. The summed E-state index contributed by atoms with van der Waals surface area (Å²) in [5.41, 5.74) is 3.47. The third-order valence-corrected chi connectivity index (χ3v) is 10.9. The van der Waals surface area contributed by atoms with Crippen LogP contribution in [-0.4, -0.2) is 71.4 Å². The number of amidine groups is 1. The van der Waals surface area contributed by atoms with Crippen LogP contribution in [0.5, 0.6) is 0 Å². The lowest BCUT2D eigenvalue weighted by Crippen LogP contribution is -2.62. The minimum absolute atomic E-state index is 0.163. The number of aryl methyl sites for hydroxylation is 1. The van der Waals surface area contributed by atoms with E-state index in [0.29, 0.717) is 5.75 Å². The summed E-state index contributed by atoms with van der Waals surface area (Å²) in [6.45, 7) is 1.46. The van der Waals surface area contributed by atoms with Gasteiger partial charge < -0.3 is 34.3 Å². The number of nitrogens with zero attached hydrogens (tertiary/aromatic N) is 1. The molecule has 0 bridgehead atoms. The molecule has 14 heteroatoms. The third kappa shape index (κ3) is 12.5. The Morgan fingerprint density at radius 2 is 1.06 bits per heavy atom. The minimum Gasteiger partial charge on any atom is -0.459 e. The number of hydrogen-bond acceptors (Lipinski definition) is 12. The van der Waals surface area contributed by atoms with Crippen LogP contribution in [0.15, 0.2) is 181 Å². The van der Waals surface area contributed by atoms with Crippen LogP contribution in [0.2, 0.25) is 0 Å². The van der Waals surface area contributed by atoms with Crippen LogP contribution in [0.25, 0.3) is 0 Å². The average molecular weight is 894 g/mol. The molecule has 5 atom stereocenters. The van der Waals surface area contributed by atoms with Gasteiger partial charge in [0, 0.05) is 11.4 Å². The number of carbonyl (C=O) groups excluding carboxylic acids is 4. The van der Waals surface area contributed by atoms with Crippen LogP contribution in [-0.2, 0) is 29.4 Å². The average Bonchev–Trinajstić information content (AvgIpc) is 3.33. The van der Waals surface area contributed by atoms with Crippen LogP contribution >= 0.6 is 24.0 Å². The number of carbonyl (C=O) groups is 4. The summed E-state index contributed by atoms with van der Waals surface area (Å²) < 4.78 is 31.1. The standard InChI is InChI=1S/C50H43N3O9S2/c1-33-18-17-29-39(30-33)51-49(63)53-50(64-32-34-19-7-2-8-20-34)52-44-43(62-48(57)38-27-15-6-16-28-38)42(61-47(56)37-25-13-5-14-26-37)41(60-46(55)36-23-11-4-12-24-36)40(59-44)31-58-45(54)35-21-9-3-10-22-35/h2-30,40-44H,31-32H2,1H3,(H2,51,52,53,63)/t40-,41-,42+,43-,44-/m1/s1. The summed E-state index contributed by atoms with van der Waals surface area (Å²) in [6.07, 6.45) is -7.51. The Hall–Kier alpha value is -7.13. The second-order valence-electron chi connectivity index (χ2n) is 14.4. The van der Waals surface area contributed by atoms with Gasteiger partial charge in [-0.2, -0.15) is 0 Å². The first-order valence-electron chi connectivity index (χ1n) is 20.2. The number of aliphatic imine (C=N–C) groups is 1. The van der Waals surface area contributed by atoms with E-state index in [0.717, 1.165) is 16.8 Å². The van der Waals surface area contributed by atoms with E-state index in [4.69, 9.17) is 40.9 Å². The fourth-order valence-corrected chi connectivity index (χ4v) is 7.71. The lowest BCUT2D eigenvalue weighted by atomic mass is 9.97. The molecule has 0 saturated carbocycles. The normalized spacial score (nSPS) is 18.1. The highest BCUT2D eigenvalue weighted by Crippen LogP contribution is 2.33. The maximum absolute atomic E-state index is 14.1. The maximum atomic E-state index is 14.1. The van der Waals surface area contributed by atoms with Gasteiger partial charge in [0.05, 0.1) is 22.3 Å². The van der Waals surface area contributed by atoms with Crippen molar-refractivity contribution in [1.29, 1.82) is 0 Å². The molecule has 0 radical (unpaired) electrons. The molecule has 1 saturated heterocycles. The lowest BCUT2D eigenvalue weighted by Gasteiger charge is -2.43. The number of hydrogen-bond donors (Lipinski definition) is 2.